The SMILES string of the molecule is CCOC(=O)c1ccc(NC(C)=O)c(NCc2ccc(Oc3ccccc3)cc2)c1. The Labute approximate surface area is 175 Å². The number of benzene rings is 3. The zero-order chi connectivity index (χ0) is 21.3. The first-order valence-electron chi connectivity index (χ1n) is 9.69. The van der Waals surface area contributed by atoms with E-state index < -0.39 is 5.97 Å². The van der Waals surface area contributed by atoms with Crippen LogP contribution in [0.5, 0.6) is 11.5 Å². The lowest BCUT2D eigenvalue weighted by atomic mass is 10.1. The smallest absolute Gasteiger partial charge is 0.338 e. The van der Waals surface area contributed by atoms with Crippen molar-refractivity contribution in [2.24, 2.45) is 0 Å². The number of esters is 1. The van der Waals surface area contributed by atoms with Crippen LogP contribution in [-0.2, 0) is 16.1 Å². The molecule has 0 saturated heterocycles. The van der Waals surface area contributed by atoms with Gasteiger partial charge >= 0.3 is 5.97 Å². The number of amides is 1. The van der Waals surface area contributed by atoms with Gasteiger partial charge in [0.15, 0.2) is 0 Å². The lowest BCUT2D eigenvalue weighted by Crippen LogP contribution is -2.11. The minimum absolute atomic E-state index is 0.190. The number of carbonyl (C=O) groups is 2. The third kappa shape index (κ3) is 5.85. The van der Waals surface area contributed by atoms with Gasteiger partial charge in [-0.1, -0.05) is 30.3 Å². The van der Waals surface area contributed by atoms with Crippen molar-refractivity contribution >= 4 is 23.3 Å². The van der Waals surface area contributed by atoms with E-state index in [1.807, 2.05) is 54.6 Å². The molecule has 3 aromatic rings. The number of hydrogen-bond donors (Lipinski definition) is 2. The fraction of sp³-hybridized carbons (Fsp3) is 0.167. The van der Waals surface area contributed by atoms with Gasteiger partial charge in [0.2, 0.25) is 5.91 Å². The van der Waals surface area contributed by atoms with Crippen LogP contribution in [0.25, 0.3) is 0 Å². The molecule has 154 valence electrons. The summed E-state index contributed by atoms with van der Waals surface area (Å²) in [5.41, 5.74) is 2.67. The number of para-hydroxylation sites is 1. The average Bonchev–Trinajstić information content (AvgIpc) is 2.74. The van der Waals surface area contributed by atoms with E-state index in [0.717, 1.165) is 17.1 Å². The number of rotatable bonds is 8. The van der Waals surface area contributed by atoms with Crippen molar-refractivity contribution in [3.05, 3.63) is 83.9 Å². The summed E-state index contributed by atoms with van der Waals surface area (Å²) >= 11 is 0. The molecule has 0 spiro atoms. The molecule has 3 aromatic carbocycles. The maximum absolute atomic E-state index is 12.0. The van der Waals surface area contributed by atoms with Gasteiger partial charge in [0.1, 0.15) is 11.5 Å². The Morgan fingerprint density at radius 1 is 0.867 bits per heavy atom. The normalized spacial score (nSPS) is 10.2. The van der Waals surface area contributed by atoms with Crippen LogP contribution in [0.4, 0.5) is 11.4 Å². The Hall–Kier alpha value is -3.80. The highest BCUT2D eigenvalue weighted by atomic mass is 16.5. The van der Waals surface area contributed by atoms with E-state index in [2.05, 4.69) is 10.6 Å². The molecule has 30 heavy (non-hydrogen) atoms. The molecule has 6 nitrogen and oxygen atoms in total. The lowest BCUT2D eigenvalue weighted by Gasteiger charge is -2.14. The van der Waals surface area contributed by atoms with Crippen molar-refractivity contribution in [1.82, 2.24) is 0 Å². The molecule has 0 radical (unpaired) electrons. The van der Waals surface area contributed by atoms with Crippen molar-refractivity contribution in [1.29, 1.82) is 0 Å². The zero-order valence-electron chi connectivity index (χ0n) is 17.0. The second kappa shape index (κ2) is 10.1. The summed E-state index contributed by atoms with van der Waals surface area (Å²) in [7, 11) is 0. The van der Waals surface area contributed by atoms with Gasteiger partial charge in [0.05, 0.1) is 23.5 Å². The van der Waals surface area contributed by atoms with Gasteiger partial charge in [-0.15, -0.1) is 0 Å². The molecule has 0 aliphatic heterocycles. The van der Waals surface area contributed by atoms with Crippen molar-refractivity contribution in [3.63, 3.8) is 0 Å². The Balaban J connectivity index is 1.70. The second-order valence-electron chi connectivity index (χ2n) is 6.57. The van der Waals surface area contributed by atoms with E-state index in [0.29, 0.717) is 30.1 Å². The third-order valence-corrected chi connectivity index (χ3v) is 4.23. The van der Waals surface area contributed by atoms with Gasteiger partial charge in [-0.2, -0.15) is 0 Å². The molecule has 1 amide bonds. The van der Waals surface area contributed by atoms with Crippen molar-refractivity contribution < 1.29 is 19.1 Å². The minimum atomic E-state index is -0.405. The summed E-state index contributed by atoms with van der Waals surface area (Å²) in [6, 6.07) is 22.3. The zero-order valence-corrected chi connectivity index (χ0v) is 17.0. The summed E-state index contributed by atoms with van der Waals surface area (Å²) in [5, 5.41) is 6.05. The van der Waals surface area contributed by atoms with E-state index in [9.17, 15) is 9.59 Å². The number of hydrogen-bond acceptors (Lipinski definition) is 5. The first-order valence-corrected chi connectivity index (χ1v) is 9.69. The molecule has 2 N–H and O–H groups in total. The van der Waals surface area contributed by atoms with Crippen LogP contribution in [0.1, 0.15) is 29.8 Å². The van der Waals surface area contributed by atoms with E-state index in [1.165, 1.54) is 6.92 Å². The highest BCUT2D eigenvalue weighted by Gasteiger charge is 2.11. The number of anilines is 2. The van der Waals surface area contributed by atoms with E-state index in [-0.39, 0.29) is 5.91 Å². The fourth-order valence-corrected chi connectivity index (χ4v) is 2.83. The van der Waals surface area contributed by atoms with E-state index >= 15 is 0 Å². The van der Waals surface area contributed by atoms with Crippen molar-refractivity contribution in [3.8, 4) is 11.5 Å². The van der Waals surface area contributed by atoms with E-state index in [1.54, 1.807) is 25.1 Å². The molecule has 0 bridgehead atoms. The first kappa shape index (κ1) is 20.9. The summed E-state index contributed by atoms with van der Waals surface area (Å²) in [4.78, 5) is 23.5. The van der Waals surface area contributed by atoms with Gasteiger partial charge in [0.25, 0.3) is 0 Å². The molecule has 0 unspecified atom stereocenters. The topological polar surface area (TPSA) is 76.7 Å². The number of nitrogens with one attached hydrogen (secondary N) is 2. The molecular weight excluding hydrogens is 380 g/mol. The van der Waals surface area contributed by atoms with Crippen LogP contribution < -0.4 is 15.4 Å². The molecule has 0 heterocycles. The number of carbonyl (C=O) groups excluding carboxylic acids is 2. The Morgan fingerprint density at radius 2 is 1.57 bits per heavy atom. The molecule has 0 saturated carbocycles. The molecule has 0 aliphatic rings. The summed E-state index contributed by atoms with van der Waals surface area (Å²) in [5.74, 6) is 0.925. The van der Waals surface area contributed by atoms with Crippen molar-refractivity contribution in [2.75, 3.05) is 17.2 Å². The molecule has 6 heteroatoms. The van der Waals surface area contributed by atoms with Crippen LogP contribution >= 0.6 is 0 Å². The molecular formula is C24H24N2O4. The Kier molecular flexibility index (Phi) is 7.05. The molecule has 0 aromatic heterocycles. The van der Waals surface area contributed by atoms with Gasteiger partial charge in [-0.05, 0) is 55.0 Å². The summed E-state index contributed by atoms with van der Waals surface area (Å²) in [6.45, 7) is 4.00. The van der Waals surface area contributed by atoms with Crippen LogP contribution in [0.15, 0.2) is 72.8 Å². The standard InChI is InChI=1S/C24H24N2O4/c1-3-29-24(28)19-11-14-22(26-17(2)27)23(15-19)25-16-18-9-12-21(13-10-18)30-20-7-5-4-6-8-20/h4-15,25H,3,16H2,1-2H3,(H,26,27). The average molecular weight is 404 g/mol. The maximum Gasteiger partial charge on any atom is 0.338 e. The molecule has 0 atom stereocenters. The quantitative estimate of drug-likeness (QED) is 0.503. The van der Waals surface area contributed by atoms with Gasteiger partial charge in [-0.3, -0.25) is 4.79 Å². The highest BCUT2D eigenvalue weighted by molar-refractivity contribution is 5.96. The Bertz CT molecular complexity index is 1000. The third-order valence-electron chi connectivity index (χ3n) is 4.23. The minimum Gasteiger partial charge on any atom is -0.462 e. The van der Waals surface area contributed by atoms with Crippen LogP contribution in [-0.4, -0.2) is 18.5 Å². The van der Waals surface area contributed by atoms with Crippen LogP contribution in [0, 0.1) is 0 Å². The highest BCUT2D eigenvalue weighted by Crippen LogP contribution is 2.26. The van der Waals surface area contributed by atoms with Gasteiger partial charge in [-0.25, -0.2) is 4.79 Å². The van der Waals surface area contributed by atoms with Gasteiger partial charge in [0, 0.05) is 13.5 Å². The van der Waals surface area contributed by atoms with E-state index in [4.69, 9.17) is 9.47 Å². The van der Waals surface area contributed by atoms with Gasteiger partial charge < -0.3 is 20.1 Å². The predicted octanol–water partition coefficient (Wildman–Crippen LogP) is 5.23. The van der Waals surface area contributed by atoms with Crippen LogP contribution in [0.3, 0.4) is 0 Å². The molecule has 0 aliphatic carbocycles. The second-order valence-corrected chi connectivity index (χ2v) is 6.57. The lowest BCUT2D eigenvalue weighted by molar-refractivity contribution is -0.114. The predicted molar refractivity (Wildman–Crippen MR) is 117 cm³/mol. The Morgan fingerprint density at radius 3 is 2.23 bits per heavy atom. The first-order chi connectivity index (χ1) is 14.5. The summed E-state index contributed by atoms with van der Waals surface area (Å²) < 4.78 is 10.9. The summed E-state index contributed by atoms with van der Waals surface area (Å²) in [6.07, 6.45) is 0. The van der Waals surface area contributed by atoms with Crippen LogP contribution in [0.2, 0.25) is 0 Å². The number of ether oxygens (including phenoxy) is 2. The maximum atomic E-state index is 12.0. The largest absolute Gasteiger partial charge is 0.462 e. The molecule has 0 fully saturated rings. The van der Waals surface area contributed by atoms with Crippen molar-refractivity contribution in [2.45, 2.75) is 20.4 Å². The molecule has 3 rings (SSSR count). The fourth-order valence-electron chi connectivity index (χ4n) is 2.83. The monoisotopic (exact) mass is 404 g/mol.